The predicted molar refractivity (Wildman–Crippen MR) is 97.0 cm³/mol. The molecular formula is C17H16N4O3S. The Morgan fingerprint density at radius 1 is 1.40 bits per heavy atom. The topological polar surface area (TPSA) is 95.2 Å². The summed E-state index contributed by atoms with van der Waals surface area (Å²) in [5, 5.41) is 15.3. The van der Waals surface area contributed by atoms with E-state index in [2.05, 4.69) is 15.1 Å². The number of carboxylic acids is 1. The van der Waals surface area contributed by atoms with Gasteiger partial charge in [0.05, 0.1) is 28.9 Å². The molecule has 2 aromatic rings. The summed E-state index contributed by atoms with van der Waals surface area (Å²) in [4.78, 5) is 32.3. The number of benzene rings is 1. The molecule has 0 unspecified atom stereocenters. The molecular weight excluding hydrogens is 340 g/mol. The van der Waals surface area contributed by atoms with E-state index in [0.717, 1.165) is 15.2 Å². The molecule has 25 heavy (non-hydrogen) atoms. The zero-order valence-electron chi connectivity index (χ0n) is 13.8. The van der Waals surface area contributed by atoms with Gasteiger partial charge >= 0.3 is 5.97 Å². The second kappa shape index (κ2) is 6.94. The number of carbonyl (C=O) groups excluding carboxylic acids is 1. The quantitative estimate of drug-likeness (QED) is 0.910. The Hall–Kier alpha value is -2.87. The van der Waals surface area contributed by atoms with E-state index in [-0.39, 0.29) is 24.6 Å². The molecule has 128 valence electrons. The predicted octanol–water partition coefficient (Wildman–Crippen LogP) is 2.49. The zero-order valence-corrected chi connectivity index (χ0v) is 14.6. The Morgan fingerprint density at radius 3 is 2.80 bits per heavy atom. The van der Waals surface area contributed by atoms with Crippen molar-refractivity contribution in [2.24, 2.45) is 10.1 Å². The van der Waals surface area contributed by atoms with Crippen molar-refractivity contribution < 1.29 is 14.7 Å². The third-order valence-corrected chi connectivity index (χ3v) is 4.72. The highest BCUT2D eigenvalue weighted by molar-refractivity contribution is 7.18. The van der Waals surface area contributed by atoms with Crippen LogP contribution < -0.4 is 0 Å². The lowest BCUT2D eigenvalue weighted by Gasteiger charge is -2.25. The third-order valence-electron chi connectivity index (χ3n) is 3.70. The summed E-state index contributed by atoms with van der Waals surface area (Å²) in [6, 6.07) is 7.70. The van der Waals surface area contributed by atoms with E-state index in [1.165, 1.54) is 23.4 Å². The smallest absolute Gasteiger partial charge is 0.309 e. The van der Waals surface area contributed by atoms with E-state index in [4.69, 9.17) is 5.11 Å². The number of carbonyl (C=O) groups is 2. The number of rotatable bonds is 4. The molecule has 3 rings (SSSR count). The van der Waals surface area contributed by atoms with Crippen LogP contribution in [0.15, 0.2) is 46.0 Å². The first kappa shape index (κ1) is 17.0. The SMILES string of the molecule is C/C=C1/C(CC(=O)O)=NN(Cc2nc3ccccc3s2)C(=O)/C1=N/C. The van der Waals surface area contributed by atoms with Crippen molar-refractivity contribution in [2.45, 2.75) is 19.9 Å². The number of para-hydroxylation sites is 1. The molecule has 0 radical (unpaired) electrons. The van der Waals surface area contributed by atoms with Gasteiger partial charge in [-0.15, -0.1) is 11.3 Å². The van der Waals surface area contributed by atoms with Crippen molar-refractivity contribution in [3.8, 4) is 0 Å². The molecule has 1 aromatic carbocycles. The van der Waals surface area contributed by atoms with E-state index >= 15 is 0 Å². The molecule has 1 aromatic heterocycles. The normalized spacial score (nSPS) is 18.2. The Balaban J connectivity index is 1.98. The van der Waals surface area contributed by atoms with Crippen LogP contribution in [0.5, 0.6) is 0 Å². The summed E-state index contributed by atoms with van der Waals surface area (Å²) in [7, 11) is 1.51. The van der Waals surface area contributed by atoms with Gasteiger partial charge in [0.1, 0.15) is 10.7 Å². The maximum Gasteiger partial charge on any atom is 0.309 e. The van der Waals surface area contributed by atoms with Crippen molar-refractivity contribution in [1.29, 1.82) is 0 Å². The number of aliphatic imine (C=N–C) groups is 1. The highest BCUT2D eigenvalue weighted by Gasteiger charge is 2.32. The molecule has 7 nitrogen and oxygen atoms in total. The van der Waals surface area contributed by atoms with Crippen LogP contribution in [0.25, 0.3) is 10.2 Å². The van der Waals surface area contributed by atoms with Crippen LogP contribution in [0.1, 0.15) is 18.4 Å². The number of aliphatic carboxylic acids is 1. The van der Waals surface area contributed by atoms with Gasteiger partial charge in [-0.05, 0) is 19.1 Å². The molecule has 1 N–H and O–H groups in total. The summed E-state index contributed by atoms with van der Waals surface area (Å²) in [6.45, 7) is 1.91. The minimum atomic E-state index is -1.01. The number of fused-ring (bicyclic) bond motifs is 1. The van der Waals surface area contributed by atoms with Crippen LogP contribution in [0.3, 0.4) is 0 Å². The average Bonchev–Trinajstić information content (AvgIpc) is 2.99. The summed E-state index contributed by atoms with van der Waals surface area (Å²) < 4.78 is 1.02. The summed E-state index contributed by atoms with van der Waals surface area (Å²) >= 11 is 1.48. The van der Waals surface area contributed by atoms with Crippen LogP contribution in [-0.2, 0) is 16.1 Å². The Kier molecular flexibility index (Phi) is 4.71. The molecule has 0 aliphatic carbocycles. The average molecular weight is 356 g/mol. The standard InChI is InChI=1S/C17H16N4O3S/c1-3-10-12(8-15(22)23)20-21(17(24)16(10)18-2)9-14-19-11-6-4-5-7-13(11)25-14/h3-7H,8-9H2,1-2H3,(H,22,23)/b10-3-,18-16+. The van der Waals surface area contributed by atoms with Gasteiger partial charge in [0.2, 0.25) is 0 Å². The summed E-state index contributed by atoms with van der Waals surface area (Å²) in [5.41, 5.74) is 1.86. The number of hydrogen-bond acceptors (Lipinski definition) is 6. The molecule has 1 amide bonds. The number of thiazole rings is 1. The molecule has 1 aliphatic heterocycles. The van der Waals surface area contributed by atoms with Gasteiger partial charge in [-0.1, -0.05) is 18.2 Å². The lowest BCUT2D eigenvalue weighted by Crippen LogP contribution is -2.40. The summed E-state index contributed by atoms with van der Waals surface area (Å²) in [6.07, 6.45) is 1.39. The number of carboxylic acid groups (broad SMARTS) is 1. The summed E-state index contributed by atoms with van der Waals surface area (Å²) in [5.74, 6) is -1.37. The van der Waals surface area contributed by atoms with Crippen LogP contribution >= 0.6 is 11.3 Å². The van der Waals surface area contributed by atoms with E-state index in [0.29, 0.717) is 11.3 Å². The van der Waals surface area contributed by atoms with Gasteiger partial charge in [0.15, 0.2) is 0 Å². The zero-order chi connectivity index (χ0) is 18.0. The second-order valence-corrected chi connectivity index (χ2v) is 6.45. The third kappa shape index (κ3) is 3.34. The first-order chi connectivity index (χ1) is 12.0. The van der Waals surface area contributed by atoms with Crippen molar-refractivity contribution in [3.63, 3.8) is 0 Å². The number of nitrogens with zero attached hydrogens (tertiary/aromatic N) is 4. The number of hydrogen-bond donors (Lipinski definition) is 1. The maximum atomic E-state index is 12.7. The molecule has 0 atom stereocenters. The van der Waals surface area contributed by atoms with Crippen molar-refractivity contribution in [1.82, 2.24) is 9.99 Å². The van der Waals surface area contributed by atoms with Gasteiger partial charge in [0.25, 0.3) is 5.91 Å². The van der Waals surface area contributed by atoms with Gasteiger partial charge in [0, 0.05) is 12.6 Å². The monoisotopic (exact) mass is 356 g/mol. The van der Waals surface area contributed by atoms with Gasteiger partial charge < -0.3 is 5.11 Å². The number of aromatic nitrogens is 1. The lowest BCUT2D eigenvalue weighted by molar-refractivity contribution is -0.135. The van der Waals surface area contributed by atoms with Gasteiger partial charge in [-0.2, -0.15) is 5.10 Å². The minimum absolute atomic E-state index is 0.178. The van der Waals surface area contributed by atoms with E-state index in [1.807, 2.05) is 24.3 Å². The minimum Gasteiger partial charge on any atom is -0.481 e. The molecule has 0 saturated carbocycles. The van der Waals surface area contributed by atoms with E-state index < -0.39 is 5.97 Å². The maximum absolute atomic E-state index is 12.7. The molecule has 1 aliphatic rings. The Bertz CT molecular complexity index is 909. The molecule has 0 spiro atoms. The van der Waals surface area contributed by atoms with Crippen molar-refractivity contribution in [2.75, 3.05) is 7.05 Å². The second-order valence-electron chi connectivity index (χ2n) is 5.33. The lowest BCUT2D eigenvalue weighted by atomic mass is 10.00. The van der Waals surface area contributed by atoms with Crippen LogP contribution in [0.2, 0.25) is 0 Å². The Labute approximate surface area is 148 Å². The Morgan fingerprint density at radius 2 is 2.16 bits per heavy atom. The van der Waals surface area contributed by atoms with Crippen molar-refractivity contribution >= 4 is 44.9 Å². The van der Waals surface area contributed by atoms with Crippen LogP contribution in [0.4, 0.5) is 0 Å². The number of amides is 1. The molecule has 0 fully saturated rings. The molecule has 0 bridgehead atoms. The number of hydrazone groups is 1. The van der Waals surface area contributed by atoms with Crippen LogP contribution in [0, 0.1) is 0 Å². The van der Waals surface area contributed by atoms with Gasteiger partial charge in [-0.25, -0.2) is 9.99 Å². The molecule has 8 heteroatoms. The van der Waals surface area contributed by atoms with Crippen molar-refractivity contribution in [3.05, 3.63) is 40.9 Å². The first-order valence-electron chi connectivity index (χ1n) is 7.63. The van der Waals surface area contributed by atoms with E-state index in [1.54, 1.807) is 13.0 Å². The fraction of sp³-hybridized carbons (Fsp3) is 0.235. The highest BCUT2D eigenvalue weighted by Crippen LogP contribution is 2.24. The fourth-order valence-corrected chi connectivity index (χ4v) is 3.58. The van der Waals surface area contributed by atoms with Crippen LogP contribution in [-0.4, -0.2) is 45.4 Å². The van der Waals surface area contributed by atoms with E-state index in [9.17, 15) is 9.59 Å². The first-order valence-corrected chi connectivity index (χ1v) is 8.44. The molecule has 2 heterocycles. The molecule has 0 saturated heterocycles. The largest absolute Gasteiger partial charge is 0.481 e. The number of allylic oxidation sites excluding steroid dienone is 1. The van der Waals surface area contributed by atoms with Gasteiger partial charge in [-0.3, -0.25) is 14.6 Å². The highest BCUT2D eigenvalue weighted by atomic mass is 32.1. The fourth-order valence-electron chi connectivity index (χ4n) is 2.64.